The van der Waals surface area contributed by atoms with Gasteiger partial charge < -0.3 is 19.7 Å². The molecular formula is C17H27N3O5. The first-order valence-corrected chi connectivity index (χ1v) is 8.47. The number of imide groups is 1. The summed E-state index contributed by atoms with van der Waals surface area (Å²) >= 11 is 0. The van der Waals surface area contributed by atoms with Crippen molar-refractivity contribution in [2.24, 2.45) is 0 Å². The summed E-state index contributed by atoms with van der Waals surface area (Å²) in [5.74, 6) is -0.722. The molecule has 2 heterocycles. The van der Waals surface area contributed by atoms with Crippen molar-refractivity contribution in [3.05, 3.63) is 11.6 Å². The fraction of sp³-hybridized carbons (Fsp3) is 0.706. The average molecular weight is 353 g/mol. The van der Waals surface area contributed by atoms with Gasteiger partial charge >= 0.3 is 6.03 Å². The molecule has 4 amide bonds. The Morgan fingerprint density at radius 3 is 2.76 bits per heavy atom. The topological polar surface area (TPSA) is 97.0 Å². The van der Waals surface area contributed by atoms with Crippen LogP contribution < -0.4 is 10.6 Å². The van der Waals surface area contributed by atoms with Gasteiger partial charge in [0.15, 0.2) is 0 Å². The maximum atomic E-state index is 12.4. The van der Waals surface area contributed by atoms with Crippen molar-refractivity contribution < 1.29 is 23.9 Å². The van der Waals surface area contributed by atoms with Crippen molar-refractivity contribution in [2.45, 2.75) is 51.8 Å². The lowest BCUT2D eigenvalue weighted by molar-refractivity contribution is -0.129. The third-order valence-corrected chi connectivity index (χ3v) is 4.45. The number of carbonyl (C=O) groups is 3. The van der Waals surface area contributed by atoms with Crippen LogP contribution in [0.25, 0.3) is 0 Å². The molecule has 2 saturated heterocycles. The van der Waals surface area contributed by atoms with Gasteiger partial charge in [0, 0.05) is 6.61 Å². The third-order valence-electron chi connectivity index (χ3n) is 4.45. The summed E-state index contributed by atoms with van der Waals surface area (Å²) in [6.07, 6.45) is 2.37. The first-order valence-electron chi connectivity index (χ1n) is 8.47. The molecule has 2 N–H and O–H groups in total. The highest BCUT2D eigenvalue weighted by molar-refractivity contribution is 6.07. The van der Waals surface area contributed by atoms with Gasteiger partial charge in [-0.1, -0.05) is 11.6 Å². The molecule has 25 heavy (non-hydrogen) atoms. The highest BCUT2D eigenvalue weighted by Gasteiger charge is 2.46. The Balaban J connectivity index is 1.92. The van der Waals surface area contributed by atoms with E-state index in [4.69, 9.17) is 9.47 Å². The fourth-order valence-electron chi connectivity index (χ4n) is 2.74. The molecule has 2 atom stereocenters. The van der Waals surface area contributed by atoms with Gasteiger partial charge in [-0.3, -0.25) is 14.9 Å². The quantitative estimate of drug-likeness (QED) is 0.538. The van der Waals surface area contributed by atoms with E-state index in [-0.39, 0.29) is 24.6 Å². The van der Waals surface area contributed by atoms with Crippen LogP contribution in [0.15, 0.2) is 11.6 Å². The van der Waals surface area contributed by atoms with E-state index in [2.05, 4.69) is 10.6 Å². The number of ether oxygens (including phenoxy) is 2. The summed E-state index contributed by atoms with van der Waals surface area (Å²) < 4.78 is 11.2. The molecule has 0 aromatic carbocycles. The molecule has 0 aromatic heterocycles. The van der Waals surface area contributed by atoms with Crippen molar-refractivity contribution in [1.82, 2.24) is 15.5 Å². The van der Waals surface area contributed by atoms with Crippen LogP contribution in [0, 0.1) is 0 Å². The Morgan fingerprint density at radius 1 is 1.44 bits per heavy atom. The SMILES string of the molecule is CC(C)=CCO[C@@H]1COCC[C@H]1NC(=O)CN1C(=O)NC(=O)C1(C)C. The Hall–Kier alpha value is -1.93. The van der Waals surface area contributed by atoms with Gasteiger partial charge in [0.1, 0.15) is 18.2 Å². The third kappa shape index (κ3) is 4.79. The predicted molar refractivity (Wildman–Crippen MR) is 90.9 cm³/mol. The lowest BCUT2D eigenvalue weighted by atomic mass is 10.0. The van der Waals surface area contributed by atoms with Crippen LogP contribution in [0.3, 0.4) is 0 Å². The number of allylic oxidation sites excluding steroid dienone is 1. The maximum absolute atomic E-state index is 12.4. The number of hydrogen-bond acceptors (Lipinski definition) is 5. The van der Waals surface area contributed by atoms with Crippen LogP contribution in [0.1, 0.15) is 34.1 Å². The Bertz CT molecular complexity index is 569. The first-order chi connectivity index (χ1) is 11.7. The monoisotopic (exact) mass is 353 g/mol. The lowest BCUT2D eigenvalue weighted by Gasteiger charge is -2.33. The van der Waals surface area contributed by atoms with E-state index in [1.165, 1.54) is 4.90 Å². The molecule has 0 aromatic rings. The van der Waals surface area contributed by atoms with E-state index in [9.17, 15) is 14.4 Å². The van der Waals surface area contributed by atoms with E-state index in [0.717, 1.165) is 5.57 Å². The van der Waals surface area contributed by atoms with E-state index < -0.39 is 17.5 Å². The maximum Gasteiger partial charge on any atom is 0.325 e. The fourth-order valence-corrected chi connectivity index (χ4v) is 2.74. The van der Waals surface area contributed by atoms with Crippen LogP contribution in [-0.4, -0.2) is 66.8 Å². The predicted octanol–water partition coefficient (Wildman–Crippen LogP) is 0.573. The molecule has 8 heteroatoms. The number of amides is 4. The second-order valence-electron chi connectivity index (χ2n) is 7.10. The van der Waals surface area contributed by atoms with Gasteiger partial charge in [0.05, 0.1) is 19.3 Å². The van der Waals surface area contributed by atoms with Gasteiger partial charge in [0.2, 0.25) is 5.91 Å². The second-order valence-corrected chi connectivity index (χ2v) is 7.10. The molecular weight excluding hydrogens is 326 g/mol. The lowest BCUT2D eigenvalue weighted by Crippen LogP contribution is -2.54. The van der Waals surface area contributed by atoms with Crippen molar-refractivity contribution in [3.63, 3.8) is 0 Å². The largest absolute Gasteiger partial charge is 0.379 e. The summed E-state index contributed by atoms with van der Waals surface area (Å²) in [7, 11) is 0. The van der Waals surface area contributed by atoms with Gasteiger partial charge in [-0.2, -0.15) is 0 Å². The molecule has 8 nitrogen and oxygen atoms in total. The average Bonchev–Trinajstić information content (AvgIpc) is 2.71. The van der Waals surface area contributed by atoms with Gasteiger partial charge in [0.25, 0.3) is 5.91 Å². The molecule has 0 saturated carbocycles. The summed E-state index contributed by atoms with van der Waals surface area (Å²) in [5, 5.41) is 5.14. The Morgan fingerprint density at radius 2 is 2.16 bits per heavy atom. The van der Waals surface area contributed by atoms with Crippen LogP contribution in [0.4, 0.5) is 4.79 Å². The number of rotatable bonds is 6. The molecule has 2 rings (SSSR count). The minimum absolute atomic E-state index is 0.178. The molecule has 2 fully saturated rings. The molecule has 0 aliphatic carbocycles. The number of carbonyl (C=O) groups excluding carboxylic acids is 3. The molecule has 140 valence electrons. The smallest absolute Gasteiger partial charge is 0.325 e. The van der Waals surface area contributed by atoms with Crippen molar-refractivity contribution in [1.29, 1.82) is 0 Å². The molecule has 2 aliphatic rings. The summed E-state index contributed by atoms with van der Waals surface area (Å²) in [6.45, 7) is 8.44. The van der Waals surface area contributed by atoms with E-state index in [1.807, 2.05) is 19.9 Å². The van der Waals surface area contributed by atoms with Crippen LogP contribution in [0.2, 0.25) is 0 Å². The molecule has 2 aliphatic heterocycles. The van der Waals surface area contributed by atoms with Crippen LogP contribution in [-0.2, 0) is 19.1 Å². The number of nitrogens with one attached hydrogen (secondary N) is 2. The van der Waals surface area contributed by atoms with Gasteiger partial charge in [-0.25, -0.2) is 4.79 Å². The number of urea groups is 1. The minimum Gasteiger partial charge on any atom is -0.379 e. The summed E-state index contributed by atoms with van der Waals surface area (Å²) in [4.78, 5) is 37.2. The van der Waals surface area contributed by atoms with Crippen molar-refractivity contribution in [2.75, 3.05) is 26.4 Å². The van der Waals surface area contributed by atoms with Gasteiger partial charge in [-0.05, 0) is 34.1 Å². The van der Waals surface area contributed by atoms with E-state index in [0.29, 0.717) is 26.2 Å². The van der Waals surface area contributed by atoms with Gasteiger partial charge in [-0.15, -0.1) is 0 Å². The molecule has 0 bridgehead atoms. The highest BCUT2D eigenvalue weighted by Crippen LogP contribution is 2.20. The van der Waals surface area contributed by atoms with E-state index in [1.54, 1.807) is 13.8 Å². The van der Waals surface area contributed by atoms with E-state index >= 15 is 0 Å². The number of hydrogen-bond donors (Lipinski definition) is 2. The second kappa shape index (κ2) is 7.97. The molecule has 0 unspecified atom stereocenters. The zero-order chi connectivity index (χ0) is 18.6. The number of nitrogens with zero attached hydrogens (tertiary/aromatic N) is 1. The van der Waals surface area contributed by atoms with Crippen LogP contribution in [0.5, 0.6) is 0 Å². The molecule has 0 radical (unpaired) electrons. The Labute approximate surface area is 147 Å². The summed E-state index contributed by atoms with van der Waals surface area (Å²) in [6, 6.07) is -0.732. The van der Waals surface area contributed by atoms with Crippen LogP contribution >= 0.6 is 0 Å². The minimum atomic E-state index is -1.04. The molecule has 0 spiro atoms. The standard InChI is InChI=1S/C17H27N3O5/c1-11(2)5-8-25-13-10-24-7-6-12(13)18-14(21)9-20-16(23)19-15(22)17(20,3)4/h5,12-13H,6-10H2,1-4H3,(H,18,21)(H,19,22,23)/t12-,13-/m1/s1. The zero-order valence-corrected chi connectivity index (χ0v) is 15.3. The summed E-state index contributed by atoms with van der Waals surface area (Å²) in [5.41, 5.74) is 0.118. The Kier molecular flexibility index (Phi) is 6.18. The van der Waals surface area contributed by atoms with Crippen molar-refractivity contribution >= 4 is 17.8 Å². The van der Waals surface area contributed by atoms with Crippen molar-refractivity contribution in [3.8, 4) is 0 Å². The normalized spacial score (nSPS) is 25.5. The highest BCUT2D eigenvalue weighted by atomic mass is 16.5. The first kappa shape index (κ1) is 19.4. The zero-order valence-electron chi connectivity index (χ0n) is 15.3.